The minimum atomic E-state index is 0.263. The summed E-state index contributed by atoms with van der Waals surface area (Å²) in [6.45, 7) is 6.50. The maximum Gasteiger partial charge on any atom is 0.122 e. The molecule has 0 bridgehead atoms. The van der Waals surface area contributed by atoms with Crippen LogP contribution in [0, 0.1) is 0 Å². The Labute approximate surface area is 116 Å². The summed E-state index contributed by atoms with van der Waals surface area (Å²) in [6, 6.07) is 8.24. The first kappa shape index (κ1) is 14.4. The molecule has 0 amide bonds. The zero-order chi connectivity index (χ0) is 13.5. The minimum Gasteiger partial charge on any atom is -0.490 e. The molecule has 0 aliphatic carbocycles. The van der Waals surface area contributed by atoms with Crippen molar-refractivity contribution in [1.82, 2.24) is 4.90 Å². The molecule has 1 unspecified atom stereocenters. The Bertz CT molecular complexity index is 375. The van der Waals surface area contributed by atoms with Gasteiger partial charge in [-0.3, -0.25) is 0 Å². The van der Waals surface area contributed by atoms with Crippen molar-refractivity contribution in [1.29, 1.82) is 0 Å². The van der Waals surface area contributed by atoms with E-state index >= 15 is 0 Å². The van der Waals surface area contributed by atoms with Crippen LogP contribution in [0.1, 0.15) is 31.7 Å². The topological polar surface area (TPSA) is 38.5 Å². The molecular formula is C16H26N2O. The molecule has 19 heavy (non-hydrogen) atoms. The number of benzene rings is 1. The van der Waals surface area contributed by atoms with Crippen molar-refractivity contribution in [2.75, 3.05) is 26.2 Å². The van der Waals surface area contributed by atoms with Crippen molar-refractivity contribution in [3.8, 4) is 5.75 Å². The molecule has 1 saturated heterocycles. The zero-order valence-electron chi connectivity index (χ0n) is 12.0. The largest absolute Gasteiger partial charge is 0.490 e. The highest BCUT2D eigenvalue weighted by molar-refractivity contribution is 5.33. The molecule has 1 aliphatic rings. The van der Waals surface area contributed by atoms with Crippen LogP contribution in [0.4, 0.5) is 0 Å². The molecule has 0 radical (unpaired) electrons. The Kier molecular flexibility index (Phi) is 5.67. The number of hydrogen-bond donors (Lipinski definition) is 1. The Hall–Kier alpha value is -1.06. The summed E-state index contributed by atoms with van der Waals surface area (Å²) >= 11 is 0. The standard InChI is InChI=1S/C16H26N2O/c1-14(9-13-18-11-4-5-12-18)19-16-7-3-2-6-15(16)8-10-17/h2-3,6-7,14H,4-5,8-13,17H2,1H3. The SMILES string of the molecule is CC(CCN1CCCC1)Oc1ccccc1CCN. The lowest BCUT2D eigenvalue weighted by molar-refractivity contribution is 0.185. The van der Waals surface area contributed by atoms with Gasteiger partial charge in [-0.1, -0.05) is 18.2 Å². The van der Waals surface area contributed by atoms with Gasteiger partial charge in [0.1, 0.15) is 5.75 Å². The number of nitrogens with two attached hydrogens (primary N) is 1. The molecule has 2 N–H and O–H groups in total. The third-order valence-electron chi connectivity index (χ3n) is 3.76. The zero-order valence-corrected chi connectivity index (χ0v) is 12.0. The van der Waals surface area contributed by atoms with Gasteiger partial charge in [0.05, 0.1) is 6.10 Å². The minimum absolute atomic E-state index is 0.263. The van der Waals surface area contributed by atoms with Crippen LogP contribution in [0.3, 0.4) is 0 Å². The third-order valence-corrected chi connectivity index (χ3v) is 3.76. The predicted octanol–water partition coefficient (Wildman–Crippen LogP) is 2.44. The molecule has 0 spiro atoms. The summed E-state index contributed by atoms with van der Waals surface area (Å²) in [5.74, 6) is 1.00. The summed E-state index contributed by atoms with van der Waals surface area (Å²) < 4.78 is 6.08. The smallest absolute Gasteiger partial charge is 0.122 e. The molecule has 2 rings (SSSR count). The maximum atomic E-state index is 6.08. The van der Waals surface area contributed by atoms with Crippen LogP contribution in [0.5, 0.6) is 5.75 Å². The molecular weight excluding hydrogens is 236 g/mol. The fourth-order valence-corrected chi connectivity index (χ4v) is 2.63. The van der Waals surface area contributed by atoms with E-state index in [1.807, 2.05) is 12.1 Å². The predicted molar refractivity (Wildman–Crippen MR) is 79.6 cm³/mol. The van der Waals surface area contributed by atoms with Crippen LogP contribution in [0.15, 0.2) is 24.3 Å². The normalized spacial score (nSPS) is 17.6. The van der Waals surface area contributed by atoms with E-state index in [4.69, 9.17) is 10.5 Å². The van der Waals surface area contributed by atoms with Gasteiger partial charge in [-0.15, -0.1) is 0 Å². The molecule has 1 heterocycles. The van der Waals surface area contributed by atoms with Gasteiger partial charge in [0.15, 0.2) is 0 Å². The van der Waals surface area contributed by atoms with Gasteiger partial charge in [0.2, 0.25) is 0 Å². The molecule has 1 atom stereocenters. The maximum absolute atomic E-state index is 6.08. The van der Waals surface area contributed by atoms with E-state index in [2.05, 4.69) is 24.0 Å². The van der Waals surface area contributed by atoms with E-state index in [0.29, 0.717) is 6.54 Å². The van der Waals surface area contributed by atoms with Crippen LogP contribution in [0.25, 0.3) is 0 Å². The Morgan fingerprint density at radius 1 is 1.26 bits per heavy atom. The lowest BCUT2D eigenvalue weighted by atomic mass is 10.1. The van der Waals surface area contributed by atoms with Gasteiger partial charge in [-0.05, 0) is 63.9 Å². The van der Waals surface area contributed by atoms with Crippen molar-refractivity contribution in [2.45, 2.75) is 38.7 Å². The third kappa shape index (κ3) is 4.51. The van der Waals surface area contributed by atoms with E-state index in [1.54, 1.807) is 0 Å². The first-order valence-corrected chi connectivity index (χ1v) is 7.46. The molecule has 1 aromatic rings. The fraction of sp³-hybridized carbons (Fsp3) is 0.625. The van der Waals surface area contributed by atoms with Crippen molar-refractivity contribution in [3.05, 3.63) is 29.8 Å². The Morgan fingerprint density at radius 2 is 2.00 bits per heavy atom. The second-order valence-corrected chi connectivity index (χ2v) is 5.41. The van der Waals surface area contributed by atoms with E-state index in [0.717, 1.165) is 25.1 Å². The first-order chi connectivity index (χ1) is 9.29. The second-order valence-electron chi connectivity index (χ2n) is 5.41. The summed E-state index contributed by atoms with van der Waals surface area (Å²) in [7, 11) is 0. The van der Waals surface area contributed by atoms with E-state index in [9.17, 15) is 0 Å². The number of hydrogen-bond acceptors (Lipinski definition) is 3. The van der Waals surface area contributed by atoms with Gasteiger partial charge < -0.3 is 15.4 Å². The number of nitrogens with zero attached hydrogens (tertiary/aromatic N) is 1. The average molecular weight is 262 g/mol. The monoisotopic (exact) mass is 262 g/mol. The molecule has 1 aliphatic heterocycles. The molecule has 0 saturated carbocycles. The highest BCUT2D eigenvalue weighted by Crippen LogP contribution is 2.20. The number of para-hydroxylation sites is 1. The summed E-state index contributed by atoms with van der Waals surface area (Å²) in [5, 5.41) is 0. The van der Waals surface area contributed by atoms with Crippen molar-refractivity contribution in [2.24, 2.45) is 5.73 Å². The number of rotatable bonds is 7. The van der Waals surface area contributed by atoms with E-state index < -0.39 is 0 Å². The van der Waals surface area contributed by atoms with Gasteiger partial charge in [0.25, 0.3) is 0 Å². The number of likely N-dealkylation sites (tertiary alicyclic amines) is 1. The van der Waals surface area contributed by atoms with Crippen molar-refractivity contribution >= 4 is 0 Å². The second kappa shape index (κ2) is 7.51. The van der Waals surface area contributed by atoms with Crippen LogP contribution in [0.2, 0.25) is 0 Å². The van der Waals surface area contributed by atoms with Crippen molar-refractivity contribution < 1.29 is 4.74 Å². The van der Waals surface area contributed by atoms with Gasteiger partial charge in [0, 0.05) is 6.54 Å². The first-order valence-electron chi connectivity index (χ1n) is 7.46. The quantitative estimate of drug-likeness (QED) is 0.820. The summed E-state index contributed by atoms with van der Waals surface area (Å²) in [4.78, 5) is 2.53. The van der Waals surface area contributed by atoms with Crippen LogP contribution < -0.4 is 10.5 Å². The van der Waals surface area contributed by atoms with E-state index in [-0.39, 0.29) is 6.10 Å². The van der Waals surface area contributed by atoms with Gasteiger partial charge in [-0.25, -0.2) is 0 Å². The molecule has 3 nitrogen and oxygen atoms in total. The summed E-state index contributed by atoms with van der Waals surface area (Å²) in [5.41, 5.74) is 6.86. The molecule has 106 valence electrons. The lowest BCUT2D eigenvalue weighted by Gasteiger charge is -2.20. The number of ether oxygens (including phenoxy) is 1. The summed E-state index contributed by atoms with van der Waals surface area (Å²) in [6.07, 6.45) is 4.95. The highest BCUT2D eigenvalue weighted by atomic mass is 16.5. The average Bonchev–Trinajstić information content (AvgIpc) is 2.92. The molecule has 1 fully saturated rings. The van der Waals surface area contributed by atoms with Crippen LogP contribution in [-0.4, -0.2) is 37.2 Å². The molecule has 3 heteroatoms. The highest BCUT2D eigenvalue weighted by Gasteiger charge is 2.14. The van der Waals surface area contributed by atoms with Gasteiger partial charge in [-0.2, -0.15) is 0 Å². The molecule has 1 aromatic carbocycles. The van der Waals surface area contributed by atoms with Crippen LogP contribution in [-0.2, 0) is 6.42 Å². The van der Waals surface area contributed by atoms with Gasteiger partial charge >= 0.3 is 0 Å². The fourth-order valence-electron chi connectivity index (χ4n) is 2.63. The van der Waals surface area contributed by atoms with Crippen molar-refractivity contribution in [3.63, 3.8) is 0 Å². The van der Waals surface area contributed by atoms with E-state index in [1.165, 1.54) is 31.5 Å². The Balaban J connectivity index is 1.82. The van der Waals surface area contributed by atoms with Crippen LogP contribution >= 0.6 is 0 Å². The lowest BCUT2D eigenvalue weighted by Crippen LogP contribution is -2.25. The Morgan fingerprint density at radius 3 is 2.74 bits per heavy atom. The molecule has 0 aromatic heterocycles.